The van der Waals surface area contributed by atoms with Crippen molar-refractivity contribution in [2.24, 2.45) is 0 Å². The molecule has 1 aromatic rings. The molecule has 0 N–H and O–H groups in total. The predicted molar refractivity (Wildman–Crippen MR) is 50.1 cm³/mol. The van der Waals surface area contributed by atoms with Crippen LogP contribution in [-0.4, -0.2) is 47.3 Å². The van der Waals surface area contributed by atoms with Gasteiger partial charge in [0.15, 0.2) is 5.78 Å². The fourth-order valence-electron chi connectivity index (χ4n) is 0.770. The molecule has 7 heteroatoms. The fourth-order valence-corrected chi connectivity index (χ4v) is 1.43. The summed E-state index contributed by atoms with van der Waals surface area (Å²) in [6.45, 7) is 0. The number of alkyl halides is 3. The molecule has 0 aliphatic carbocycles. The molecular weight excluding hydrogens is 240 g/mol. The Balaban J connectivity index is 0.00000196. The third-order valence-corrected chi connectivity index (χ3v) is 2.34. The normalized spacial score (nSPS) is 10.6. The summed E-state index contributed by atoms with van der Waals surface area (Å²) in [5.41, 5.74) is 0. The molecule has 2 nitrogen and oxygen atoms in total. The van der Waals surface area contributed by atoms with Crippen LogP contribution in [0, 0.1) is 0 Å². The Morgan fingerprint density at radius 2 is 1.93 bits per heavy atom. The van der Waals surface area contributed by atoms with Gasteiger partial charge in [0, 0.05) is 29.6 Å². The van der Waals surface area contributed by atoms with E-state index in [1.807, 2.05) is 0 Å². The van der Waals surface area contributed by atoms with Gasteiger partial charge in [-0.15, -0.1) is 11.3 Å². The van der Waals surface area contributed by atoms with Crippen LogP contribution in [0.25, 0.3) is 0 Å². The van der Waals surface area contributed by atoms with Gasteiger partial charge in [-0.25, -0.2) is 0 Å². The average Bonchev–Trinajstić information content (AvgIpc) is 2.53. The molecule has 0 saturated heterocycles. The van der Waals surface area contributed by atoms with Gasteiger partial charge in [0.1, 0.15) is 0 Å². The number of hydrogen-bond acceptors (Lipinski definition) is 3. The molecule has 1 aromatic heterocycles. The second-order valence-corrected chi connectivity index (χ2v) is 3.45. The predicted octanol–water partition coefficient (Wildman–Crippen LogP) is 2.07. The summed E-state index contributed by atoms with van der Waals surface area (Å²) in [6, 6.07) is 2.92. The Morgan fingerprint density at radius 3 is 2.33 bits per heavy atom. The summed E-state index contributed by atoms with van der Waals surface area (Å²) >= 11 is 1.01. The van der Waals surface area contributed by atoms with E-state index in [9.17, 15) is 22.8 Å². The van der Waals surface area contributed by atoms with Crippen molar-refractivity contribution in [3.05, 3.63) is 22.4 Å². The van der Waals surface area contributed by atoms with E-state index >= 15 is 0 Å². The Morgan fingerprint density at radius 1 is 1.33 bits per heavy atom. The molecule has 1 heterocycles. The monoisotopic (exact) mass is 245 g/mol. The molecule has 1 rings (SSSR count). The second kappa shape index (κ2) is 5.79. The van der Waals surface area contributed by atoms with Crippen LogP contribution in [0.4, 0.5) is 13.2 Å². The van der Waals surface area contributed by atoms with Crippen LogP contribution in [0.15, 0.2) is 17.5 Å². The van der Waals surface area contributed by atoms with Crippen molar-refractivity contribution in [1.82, 2.24) is 0 Å². The molecule has 1 radical (unpaired) electrons. The molecule has 0 aromatic carbocycles. The molecule has 0 aliphatic heterocycles. The number of hydrogen-bond donors (Lipinski definition) is 0. The maximum absolute atomic E-state index is 11.8. The first-order chi connectivity index (χ1) is 6.41. The summed E-state index contributed by atoms with van der Waals surface area (Å²) < 4.78 is 35.3. The fraction of sp³-hybridized carbons (Fsp3) is 0.250. The zero-order valence-corrected chi connectivity index (χ0v) is 10.6. The second-order valence-electron chi connectivity index (χ2n) is 2.50. The Labute approximate surface area is 110 Å². The van der Waals surface area contributed by atoms with Crippen molar-refractivity contribution in [3.63, 3.8) is 0 Å². The number of ketones is 2. The summed E-state index contributed by atoms with van der Waals surface area (Å²) in [7, 11) is 0. The molecule has 15 heavy (non-hydrogen) atoms. The van der Waals surface area contributed by atoms with E-state index in [0.717, 1.165) is 11.3 Å². The van der Waals surface area contributed by atoms with Gasteiger partial charge < -0.3 is 0 Å². The first-order valence-corrected chi connectivity index (χ1v) is 4.46. The smallest absolute Gasteiger partial charge is 0.293 e. The minimum atomic E-state index is -4.92. The minimum absolute atomic E-state index is 0. The largest absolute Gasteiger partial charge is 0.450 e. The summed E-state index contributed by atoms with van der Waals surface area (Å²) in [5.74, 6) is -2.79. The van der Waals surface area contributed by atoms with Crippen molar-refractivity contribution in [3.8, 4) is 0 Å². The van der Waals surface area contributed by atoms with Gasteiger partial charge in [-0.1, -0.05) is 6.07 Å². The van der Waals surface area contributed by atoms with Crippen LogP contribution in [0.5, 0.6) is 0 Å². The van der Waals surface area contributed by atoms with Crippen molar-refractivity contribution >= 4 is 52.5 Å². The van der Waals surface area contributed by atoms with Gasteiger partial charge in [0.2, 0.25) is 5.78 Å². The van der Waals surface area contributed by atoms with Crippen LogP contribution in [0.2, 0.25) is 0 Å². The molecular formula is C8H5F3NaO2S. The van der Waals surface area contributed by atoms with E-state index < -0.39 is 24.2 Å². The van der Waals surface area contributed by atoms with Crippen LogP contribution in [0.1, 0.15) is 16.1 Å². The van der Waals surface area contributed by atoms with Crippen molar-refractivity contribution < 1.29 is 22.8 Å². The van der Waals surface area contributed by atoms with E-state index in [0.29, 0.717) is 0 Å². The first kappa shape index (κ1) is 14.8. The first-order valence-electron chi connectivity index (χ1n) is 3.58. The Kier molecular flexibility index (Phi) is 5.72. The number of rotatable bonds is 3. The minimum Gasteiger partial charge on any atom is -0.293 e. The molecule has 0 amide bonds. The van der Waals surface area contributed by atoms with E-state index in [-0.39, 0.29) is 34.4 Å². The van der Waals surface area contributed by atoms with Crippen LogP contribution in [-0.2, 0) is 4.79 Å². The molecule has 0 unspecified atom stereocenters. The standard InChI is InChI=1S/C8H5F3O2S.Na/c9-8(10,11)7(13)4-5(12)6-2-1-3-14-6;/h1-3H,4H2;. The molecule has 0 aliphatic rings. The SMILES string of the molecule is O=C(CC(=O)C(F)(F)F)c1cccs1.[Na]. The van der Waals surface area contributed by atoms with E-state index in [2.05, 4.69) is 0 Å². The molecule has 0 saturated carbocycles. The van der Waals surface area contributed by atoms with Crippen molar-refractivity contribution in [2.75, 3.05) is 0 Å². The van der Waals surface area contributed by atoms with Crippen molar-refractivity contribution in [2.45, 2.75) is 12.6 Å². The average molecular weight is 245 g/mol. The summed E-state index contributed by atoms with van der Waals surface area (Å²) in [4.78, 5) is 21.7. The maximum Gasteiger partial charge on any atom is 0.450 e. The molecule has 0 atom stereocenters. The number of carbonyl (C=O) groups excluding carboxylic acids is 2. The number of carbonyl (C=O) groups is 2. The summed E-state index contributed by atoms with van der Waals surface area (Å²) in [6.07, 6.45) is -6.03. The van der Waals surface area contributed by atoms with Gasteiger partial charge in [0.05, 0.1) is 11.3 Å². The number of Topliss-reactive ketones (excluding diaryl/α,β-unsaturated/α-hetero) is 2. The van der Waals surface area contributed by atoms with Gasteiger partial charge in [-0.05, 0) is 11.4 Å². The summed E-state index contributed by atoms with van der Waals surface area (Å²) in [5, 5.41) is 1.56. The van der Waals surface area contributed by atoms with Gasteiger partial charge in [0.25, 0.3) is 0 Å². The van der Waals surface area contributed by atoms with Gasteiger partial charge in [-0.2, -0.15) is 13.2 Å². The van der Waals surface area contributed by atoms with Gasteiger partial charge >= 0.3 is 6.18 Å². The van der Waals surface area contributed by atoms with Gasteiger partial charge in [-0.3, -0.25) is 9.59 Å². The Hall–Kier alpha value is -0.170. The zero-order chi connectivity index (χ0) is 10.8. The topological polar surface area (TPSA) is 34.1 Å². The van der Waals surface area contributed by atoms with Crippen molar-refractivity contribution in [1.29, 1.82) is 0 Å². The molecule has 0 fully saturated rings. The molecule has 77 valence electrons. The van der Waals surface area contributed by atoms with Crippen LogP contribution in [0.3, 0.4) is 0 Å². The van der Waals surface area contributed by atoms with E-state index in [1.165, 1.54) is 12.1 Å². The molecule has 0 spiro atoms. The number of halogens is 3. The maximum atomic E-state index is 11.8. The molecule has 0 bridgehead atoms. The number of thiophene rings is 1. The zero-order valence-electron chi connectivity index (χ0n) is 7.80. The Bertz CT molecular complexity index is 345. The van der Waals surface area contributed by atoms with Crippen LogP contribution >= 0.6 is 11.3 Å². The third-order valence-electron chi connectivity index (χ3n) is 1.43. The van der Waals surface area contributed by atoms with Crippen LogP contribution < -0.4 is 0 Å². The quantitative estimate of drug-likeness (QED) is 0.464. The van der Waals surface area contributed by atoms with E-state index in [1.54, 1.807) is 5.38 Å². The third kappa shape index (κ3) is 4.46. The van der Waals surface area contributed by atoms with E-state index in [4.69, 9.17) is 0 Å².